The number of sulfonamides is 1. The zero-order valence-electron chi connectivity index (χ0n) is 11.7. The van der Waals surface area contributed by atoms with E-state index in [2.05, 4.69) is 5.32 Å². The predicted molar refractivity (Wildman–Crippen MR) is 78.8 cm³/mol. The smallest absolute Gasteiger partial charge is 0.244 e. The Labute approximate surface area is 119 Å². The number of nitrogens with zero attached hydrogens (tertiary/aromatic N) is 1. The molecule has 0 unspecified atom stereocenters. The maximum atomic E-state index is 12.7. The van der Waals surface area contributed by atoms with Gasteiger partial charge in [0, 0.05) is 29.4 Å². The Bertz CT molecular complexity index is 519. The van der Waals surface area contributed by atoms with Crippen molar-refractivity contribution in [1.82, 2.24) is 9.62 Å². The van der Waals surface area contributed by atoms with E-state index in [0.29, 0.717) is 23.9 Å². The van der Waals surface area contributed by atoms with Crippen LogP contribution in [-0.4, -0.2) is 32.4 Å². The van der Waals surface area contributed by atoms with Gasteiger partial charge in [-0.1, -0.05) is 0 Å². The van der Waals surface area contributed by atoms with Gasteiger partial charge in [0.1, 0.15) is 0 Å². The number of rotatable bonds is 7. The summed E-state index contributed by atoms with van der Waals surface area (Å²) in [5.74, 6) is 0.563. The van der Waals surface area contributed by atoms with Crippen LogP contribution >= 0.6 is 11.3 Å². The van der Waals surface area contributed by atoms with Gasteiger partial charge in [0.25, 0.3) is 0 Å². The molecular weight excluding hydrogens is 280 g/mol. The highest BCUT2D eigenvalue weighted by Crippen LogP contribution is 2.33. The van der Waals surface area contributed by atoms with E-state index in [-0.39, 0.29) is 6.04 Å². The minimum absolute atomic E-state index is 0.0123. The van der Waals surface area contributed by atoms with E-state index >= 15 is 0 Å². The second kappa shape index (κ2) is 5.91. The lowest BCUT2D eigenvalue weighted by Gasteiger charge is -2.25. The summed E-state index contributed by atoms with van der Waals surface area (Å²) in [5.41, 5.74) is 0. The van der Waals surface area contributed by atoms with Crippen LogP contribution in [-0.2, 0) is 16.6 Å². The van der Waals surface area contributed by atoms with Crippen LogP contribution < -0.4 is 5.32 Å². The largest absolute Gasteiger partial charge is 0.315 e. The molecule has 0 atom stereocenters. The molecule has 0 amide bonds. The SMILES string of the molecule is CNCc1cc(S(=O)(=O)N(CC2CC2)C(C)C)cs1. The lowest BCUT2D eigenvalue weighted by Crippen LogP contribution is -2.38. The average Bonchev–Trinajstić information content (AvgIpc) is 3.03. The van der Waals surface area contributed by atoms with Crippen molar-refractivity contribution in [3.8, 4) is 0 Å². The second-order valence-electron chi connectivity index (χ2n) is 5.39. The fourth-order valence-corrected chi connectivity index (χ4v) is 5.03. The molecule has 0 aromatic carbocycles. The van der Waals surface area contributed by atoms with Gasteiger partial charge >= 0.3 is 0 Å². The van der Waals surface area contributed by atoms with Crippen LogP contribution in [0.1, 0.15) is 31.6 Å². The molecule has 19 heavy (non-hydrogen) atoms. The summed E-state index contributed by atoms with van der Waals surface area (Å²) < 4.78 is 27.0. The summed E-state index contributed by atoms with van der Waals surface area (Å²) in [4.78, 5) is 1.49. The lowest BCUT2D eigenvalue weighted by atomic mass is 10.3. The lowest BCUT2D eigenvalue weighted by molar-refractivity contribution is 0.342. The van der Waals surface area contributed by atoms with Crippen LogP contribution in [0, 0.1) is 5.92 Å². The van der Waals surface area contributed by atoms with Crippen LogP contribution in [0.2, 0.25) is 0 Å². The Morgan fingerprint density at radius 2 is 2.16 bits per heavy atom. The van der Waals surface area contributed by atoms with Crippen molar-refractivity contribution in [2.24, 2.45) is 5.92 Å². The van der Waals surface area contributed by atoms with E-state index in [1.807, 2.05) is 20.9 Å². The molecule has 1 saturated carbocycles. The molecule has 1 aromatic heterocycles. The number of hydrogen-bond donors (Lipinski definition) is 1. The second-order valence-corrected chi connectivity index (χ2v) is 8.28. The van der Waals surface area contributed by atoms with E-state index in [0.717, 1.165) is 17.7 Å². The van der Waals surface area contributed by atoms with Gasteiger partial charge in [0.15, 0.2) is 0 Å². The van der Waals surface area contributed by atoms with E-state index in [1.165, 1.54) is 11.3 Å². The standard InChI is InChI=1S/C13H22N2O2S2/c1-10(2)15(8-11-4-5-11)19(16,17)13-6-12(7-14-3)18-9-13/h6,9-11,14H,4-5,7-8H2,1-3H3. The van der Waals surface area contributed by atoms with Crippen LogP contribution in [0.5, 0.6) is 0 Å². The molecule has 0 saturated heterocycles. The van der Waals surface area contributed by atoms with Crippen molar-refractivity contribution in [2.75, 3.05) is 13.6 Å². The summed E-state index contributed by atoms with van der Waals surface area (Å²) >= 11 is 1.50. The Morgan fingerprint density at radius 3 is 2.68 bits per heavy atom. The molecule has 0 spiro atoms. The monoisotopic (exact) mass is 302 g/mol. The van der Waals surface area contributed by atoms with Crippen LogP contribution in [0.3, 0.4) is 0 Å². The first kappa shape index (κ1) is 15.0. The zero-order valence-corrected chi connectivity index (χ0v) is 13.4. The van der Waals surface area contributed by atoms with Crippen molar-refractivity contribution in [3.63, 3.8) is 0 Å². The quantitative estimate of drug-likeness (QED) is 0.840. The predicted octanol–water partition coefficient (Wildman–Crippen LogP) is 2.28. The zero-order chi connectivity index (χ0) is 14.0. The molecule has 108 valence electrons. The molecule has 6 heteroatoms. The minimum Gasteiger partial charge on any atom is -0.315 e. The summed E-state index contributed by atoms with van der Waals surface area (Å²) in [6.07, 6.45) is 2.32. The van der Waals surface area contributed by atoms with E-state index in [9.17, 15) is 8.42 Å². The molecule has 1 heterocycles. The maximum absolute atomic E-state index is 12.7. The Hall–Kier alpha value is -0.430. The summed E-state index contributed by atoms with van der Waals surface area (Å²) in [6.45, 7) is 5.27. The number of nitrogens with one attached hydrogen (secondary N) is 1. The summed E-state index contributed by atoms with van der Waals surface area (Å²) in [6, 6.07) is 1.80. The number of hydrogen-bond acceptors (Lipinski definition) is 4. The van der Waals surface area contributed by atoms with E-state index in [4.69, 9.17) is 0 Å². The molecule has 4 nitrogen and oxygen atoms in total. The third kappa shape index (κ3) is 3.56. The molecule has 0 bridgehead atoms. The van der Waals surface area contributed by atoms with Crippen LogP contribution in [0.25, 0.3) is 0 Å². The van der Waals surface area contributed by atoms with Crippen molar-refractivity contribution >= 4 is 21.4 Å². The van der Waals surface area contributed by atoms with Gasteiger partial charge in [-0.05, 0) is 45.7 Å². The first-order chi connectivity index (χ1) is 8.95. The minimum atomic E-state index is -3.34. The van der Waals surface area contributed by atoms with Gasteiger partial charge in [0.2, 0.25) is 10.0 Å². The summed E-state index contributed by atoms with van der Waals surface area (Å²) in [5, 5.41) is 4.80. The van der Waals surface area contributed by atoms with Gasteiger partial charge in [-0.2, -0.15) is 4.31 Å². The van der Waals surface area contributed by atoms with E-state index in [1.54, 1.807) is 15.8 Å². The molecule has 1 fully saturated rings. The van der Waals surface area contributed by atoms with Crippen LogP contribution in [0.4, 0.5) is 0 Å². The molecule has 0 radical (unpaired) electrons. The fourth-order valence-electron chi connectivity index (χ4n) is 2.04. The molecule has 1 aliphatic rings. The van der Waals surface area contributed by atoms with Crippen molar-refractivity contribution in [1.29, 1.82) is 0 Å². The molecule has 1 N–H and O–H groups in total. The number of thiophene rings is 1. The Kier molecular flexibility index (Phi) is 4.66. The Balaban J connectivity index is 2.21. The summed E-state index contributed by atoms with van der Waals surface area (Å²) in [7, 11) is -1.47. The fraction of sp³-hybridized carbons (Fsp3) is 0.692. The third-order valence-electron chi connectivity index (χ3n) is 3.30. The average molecular weight is 302 g/mol. The highest BCUT2D eigenvalue weighted by molar-refractivity contribution is 7.89. The highest BCUT2D eigenvalue weighted by Gasteiger charge is 2.33. The third-order valence-corrected chi connectivity index (χ3v) is 6.40. The van der Waals surface area contributed by atoms with Crippen molar-refractivity contribution in [2.45, 2.75) is 44.2 Å². The van der Waals surface area contributed by atoms with Crippen molar-refractivity contribution < 1.29 is 8.42 Å². The Morgan fingerprint density at radius 1 is 1.47 bits per heavy atom. The maximum Gasteiger partial charge on any atom is 0.244 e. The topological polar surface area (TPSA) is 49.4 Å². The van der Waals surface area contributed by atoms with Gasteiger partial charge in [-0.25, -0.2) is 8.42 Å². The van der Waals surface area contributed by atoms with Gasteiger partial charge in [-0.3, -0.25) is 0 Å². The molecule has 1 aliphatic carbocycles. The van der Waals surface area contributed by atoms with Gasteiger partial charge in [0.05, 0.1) is 4.90 Å². The molecular formula is C13H22N2O2S2. The van der Waals surface area contributed by atoms with Crippen LogP contribution in [0.15, 0.2) is 16.3 Å². The van der Waals surface area contributed by atoms with Gasteiger partial charge < -0.3 is 5.32 Å². The molecule has 2 rings (SSSR count). The first-order valence-corrected chi connectivity index (χ1v) is 9.01. The normalized spacial score (nSPS) is 16.5. The van der Waals surface area contributed by atoms with Crippen molar-refractivity contribution in [3.05, 3.63) is 16.3 Å². The highest BCUT2D eigenvalue weighted by atomic mass is 32.2. The van der Waals surface area contributed by atoms with E-state index < -0.39 is 10.0 Å². The molecule has 0 aliphatic heterocycles. The van der Waals surface area contributed by atoms with Gasteiger partial charge in [-0.15, -0.1) is 11.3 Å². The molecule has 1 aromatic rings. The first-order valence-electron chi connectivity index (χ1n) is 6.69.